The van der Waals surface area contributed by atoms with Gasteiger partial charge in [-0.05, 0) is 41.9 Å². The Morgan fingerprint density at radius 1 is 1.00 bits per heavy atom. The van der Waals surface area contributed by atoms with Gasteiger partial charge in [-0.3, -0.25) is 0 Å². The Morgan fingerprint density at radius 2 is 1.43 bits per heavy atom. The third-order valence-electron chi connectivity index (χ3n) is 5.12. The van der Waals surface area contributed by atoms with Crippen molar-refractivity contribution in [3.63, 3.8) is 0 Å². The highest BCUT2D eigenvalue weighted by molar-refractivity contribution is 4.87. The number of hydrogen-bond acceptors (Lipinski definition) is 0. The van der Waals surface area contributed by atoms with E-state index in [1.165, 1.54) is 19.3 Å². The molecule has 0 aromatic heterocycles. The van der Waals surface area contributed by atoms with Gasteiger partial charge in [0.1, 0.15) is 0 Å². The van der Waals surface area contributed by atoms with E-state index in [1.807, 2.05) is 0 Å². The van der Waals surface area contributed by atoms with Gasteiger partial charge in [-0.15, -0.1) is 0 Å². The van der Waals surface area contributed by atoms with Crippen molar-refractivity contribution in [3.8, 4) is 0 Å². The van der Waals surface area contributed by atoms with E-state index in [-0.39, 0.29) is 0 Å². The number of hydrogen-bond donors (Lipinski definition) is 0. The summed E-state index contributed by atoms with van der Waals surface area (Å²) < 4.78 is 0. The molecule has 0 nitrogen and oxygen atoms in total. The molecule has 14 heavy (non-hydrogen) atoms. The third kappa shape index (κ3) is 2.32. The van der Waals surface area contributed by atoms with Crippen LogP contribution in [0.4, 0.5) is 0 Å². The van der Waals surface area contributed by atoms with Gasteiger partial charge in [0.2, 0.25) is 0 Å². The van der Waals surface area contributed by atoms with E-state index in [1.54, 1.807) is 0 Å². The molecule has 0 heteroatoms. The van der Waals surface area contributed by atoms with Gasteiger partial charge < -0.3 is 0 Å². The summed E-state index contributed by atoms with van der Waals surface area (Å²) in [7, 11) is 0. The maximum Gasteiger partial charge on any atom is -0.0328 e. The van der Waals surface area contributed by atoms with Crippen LogP contribution in [-0.4, -0.2) is 0 Å². The van der Waals surface area contributed by atoms with E-state index < -0.39 is 0 Å². The predicted octanol–water partition coefficient (Wildman–Crippen LogP) is 4.74. The molecule has 84 valence electrons. The van der Waals surface area contributed by atoms with Gasteiger partial charge in [0.15, 0.2) is 0 Å². The summed E-state index contributed by atoms with van der Waals surface area (Å²) in [5.74, 6) is 3.73. The Morgan fingerprint density at radius 3 is 1.79 bits per heavy atom. The quantitative estimate of drug-likeness (QED) is 0.598. The maximum atomic E-state index is 2.45. The van der Waals surface area contributed by atoms with Crippen LogP contribution < -0.4 is 0 Å². The van der Waals surface area contributed by atoms with Crippen molar-refractivity contribution in [1.82, 2.24) is 0 Å². The van der Waals surface area contributed by atoms with Gasteiger partial charge in [0, 0.05) is 0 Å². The van der Waals surface area contributed by atoms with Crippen LogP contribution in [0.1, 0.15) is 60.8 Å². The maximum absolute atomic E-state index is 2.45. The lowest BCUT2D eigenvalue weighted by molar-refractivity contribution is 0.0592. The minimum Gasteiger partial charge on any atom is -0.0649 e. The van der Waals surface area contributed by atoms with Crippen LogP contribution in [0.3, 0.4) is 0 Å². The summed E-state index contributed by atoms with van der Waals surface area (Å²) in [4.78, 5) is 0. The SMILES string of the molecule is CCC(C)(C)C1CC(C)C(C)C(C)C1. The van der Waals surface area contributed by atoms with Crippen molar-refractivity contribution in [2.24, 2.45) is 29.1 Å². The van der Waals surface area contributed by atoms with Gasteiger partial charge in [-0.25, -0.2) is 0 Å². The van der Waals surface area contributed by atoms with Crippen molar-refractivity contribution in [2.75, 3.05) is 0 Å². The Balaban J connectivity index is 2.66. The lowest BCUT2D eigenvalue weighted by atomic mass is 9.61. The predicted molar refractivity (Wildman–Crippen MR) is 64.3 cm³/mol. The lowest BCUT2D eigenvalue weighted by Crippen LogP contribution is -2.35. The minimum atomic E-state index is 0.558. The summed E-state index contributed by atoms with van der Waals surface area (Å²) in [6.45, 7) is 14.6. The van der Waals surface area contributed by atoms with E-state index in [0.29, 0.717) is 5.41 Å². The van der Waals surface area contributed by atoms with Crippen molar-refractivity contribution >= 4 is 0 Å². The molecule has 2 atom stereocenters. The summed E-state index contributed by atoms with van der Waals surface area (Å²) in [6.07, 6.45) is 4.23. The van der Waals surface area contributed by atoms with Crippen LogP contribution in [0, 0.1) is 29.1 Å². The highest BCUT2D eigenvalue weighted by Gasteiger charge is 2.37. The second-order valence-electron chi connectivity index (χ2n) is 6.32. The summed E-state index contributed by atoms with van der Waals surface area (Å²) in [6, 6.07) is 0. The fourth-order valence-electron chi connectivity index (χ4n) is 2.91. The van der Waals surface area contributed by atoms with Crippen LogP contribution in [-0.2, 0) is 0 Å². The third-order valence-corrected chi connectivity index (χ3v) is 5.12. The zero-order chi connectivity index (χ0) is 10.9. The molecule has 1 fully saturated rings. The normalized spacial score (nSPS) is 39.9. The minimum absolute atomic E-state index is 0.558. The van der Waals surface area contributed by atoms with Gasteiger partial charge in [-0.2, -0.15) is 0 Å². The fraction of sp³-hybridized carbons (Fsp3) is 1.00. The zero-order valence-electron chi connectivity index (χ0n) is 10.9. The van der Waals surface area contributed by atoms with E-state index in [2.05, 4.69) is 41.5 Å². The van der Waals surface area contributed by atoms with E-state index in [0.717, 1.165) is 23.7 Å². The molecule has 0 aromatic carbocycles. The smallest absolute Gasteiger partial charge is 0.0328 e. The Hall–Kier alpha value is 0. The Labute approximate surface area is 90.5 Å². The molecule has 0 aromatic rings. The highest BCUT2D eigenvalue weighted by Crippen LogP contribution is 2.46. The first kappa shape index (κ1) is 12.1. The monoisotopic (exact) mass is 196 g/mol. The second-order valence-corrected chi connectivity index (χ2v) is 6.32. The van der Waals surface area contributed by atoms with Crippen molar-refractivity contribution in [1.29, 1.82) is 0 Å². The largest absolute Gasteiger partial charge is 0.0649 e. The molecule has 1 saturated carbocycles. The van der Waals surface area contributed by atoms with Crippen LogP contribution in [0.25, 0.3) is 0 Å². The highest BCUT2D eigenvalue weighted by atomic mass is 14.4. The molecule has 0 saturated heterocycles. The topological polar surface area (TPSA) is 0 Å². The average Bonchev–Trinajstić information content (AvgIpc) is 2.13. The molecule has 0 amide bonds. The molecule has 0 aliphatic heterocycles. The Kier molecular flexibility index (Phi) is 3.66. The van der Waals surface area contributed by atoms with Crippen molar-refractivity contribution < 1.29 is 0 Å². The molecule has 0 N–H and O–H groups in total. The molecule has 0 radical (unpaired) electrons. The van der Waals surface area contributed by atoms with Crippen LogP contribution >= 0.6 is 0 Å². The van der Waals surface area contributed by atoms with Gasteiger partial charge in [0.25, 0.3) is 0 Å². The molecular formula is C14H28. The number of rotatable bonds is 2. The molecule has 1 aliphatic rings. The van der Waals surface area contributed by atoms with Gasteiger partial charge in [-0.1, -0.05) is 48.0 Å². The van der Waals surface area contributed by atoms with Crippen LogP contribution in [0.15, 0.2) is 0 Å². The van der Waals surface area contributed by atoms with Gasteiger partial charge >= 0.3 is 0 Å². The lowest BCUT2D eigenvalue weighted by Gasteiger charge is -2.44. The van der Waals surface area contributed by atoms with E-state index >= 15 is 0 Å². The average molecular weight is 196 g/mol. The molecule has 2 unspecified atom stereocenters. The molecule has 0 spiro atoms. The summed E-state index contributed by atoms with van der Waals surface area (Å²) in [5, 5.41) is 0. The first-order valence-electron chi connectivity index (χ1n) is 6.38. The first-order valence-corrected chi connectivity index (χ1v) is 6.38. The second kappa shape index (κ2) is 4.24. The molecular weight excluding hydrogens is 168 g/mol. The fourth-order valence-corrected chi connectivity index (χ4v) is 2.91. The van der Waals surface area contributed by atoms with E-state index in [9.17, 15) is 0 Å². The molecule has 1 rings (SSSR count). The van der Waals surface area contributed by atoms with Crippen LogP contribution in [0.2, 0.25) is 0 Å². The molecule has 0 bridgehead atoms. The molecule has 1 aliphatic carbocycles. The van der Waals surface area contributed by atoms with Crippen molar-refractivity contribution in [3.05, 3.63) is 0 Å². The van der Waals surface area contributed by atoms with Gasteiger partial charge in [0.05, 0.1) is 0 Å². The Bertz CT molecular complexity index is 168. The van der Waals surface area contributed by atoms with E-state index in [4.69, 9.17) is 0 Å². The standard InChI is InChI=1S/C14H28/c1-7-14(5,6)13-8-10(2)12(4)11(3)9-13/h10-13H,7-9H2,1-6H3. The summed E-state index contributed by atoms with van der Waals surface area (Å²) >= 11 is 0. The molecule has 0 heterocycles. The first-order chi connectivity index (χ1) is 6.38. The zero-order valence-corrected chi connectivity index (χ0v) is 10.9. The van der Waals surface area contributed by atoms with Crippen LogP contribution in [0.5, 0.6) is 0 Å². The van der Waals surface area contributed by atoms with Crippen molar-refractivity contribution in [2.45, 2.75) is 60.8 Å². The summed E-state index contributed by atoms with van der Waals surface area (Å²) in [5.41, 5.74) is 0.558.